The van der Waals surface area contributed by atoms with Gasteiger partial charge in [-0.15, -0.1) is 11.0 Å². The van der Waals surface area contributed by atoms with Gasteiger partial charge in [0.25, 0.3) is 15.6 Å². The van der Waals surface area contributed by atoms with Gasteiger partial charge < -0.3 is 15.0 Å². The van der Waals surface area contributed by atoms with Crippen molar-refractivity contribution in [1.82, 2.24) is 4.57 Å². The van der Waals surface area contributed by atoms with Crippen LogP contribution in [0.3, 0.4) is 0 Å². The predicted molar refractivity (Wildman–Crippen MR) is 104 cm³/mol. The van der Waals surface area contributed by atoms with Gasteiger partial charge in [-0.3, -0.25) is 4.79 Å². The van der Waals surface area contributed by atoms with Crippen LogP contribution in [-0.2, 0) is 16.6 Å². The van der Waals surface area contributed by atoms with Crippen molar-refractivity contribution in [3.05, 3.63) is 77.1 Å². The van der Waals surface area contributed by atoms with Gasteiger partial charge in [-0.25, -0.2) is 0 Å². The van der Waals surface area contributed by atoms with E-state index in [4.69, 9.17) is 0 Å². The topological polar surface area (TPSA) is 101 Å². The van der Waals surface area contributed by atoms with Gasteiger partial charge >= 0.3 is 0 Å². The zero-order valence-electron chi connectivity index (χ0n) is 14.1. The number of nitrogens with zero attached hydrogens (tertiary/aromatic N) is 2. The fourth-order valence-electron chi connectivity index (χ4n) is 3.14. The number of hydrogen-bond acceptors (Lipinski definition) is 5. The van der Waals surface area contributed by atoms with Gasteiger partial charge in [0.1, 0.15) is 16.2 Å². The number of benzene rings is 2. The summed E-state index contributed by atoms with van der Waals surface area (Å²) in [6.07, 6.45) is 1.55. The van der Waals surface area contributed by atoms with Crippen LogP contribution in [0.15, 0.2) is 75.3 Å². The maximum atomic E-state index is 13.1. The summed E-state index contributed by atoms with van der Waals surface area (Å²) in [5.41, 5.74) is 0.0496. The van der Waals surface area contributed by atoms with Crippen molar-refractivity contribution in [3.8, 4) is 5.75 Å². The lowest BCUT2D eigenvalue weighted by Gasteiger charge is -2.20. The minimum absolute atomic E-state index is 0.0143. The van der Waals surface area contributed by atoms with Gasteiger partial charge in [0.05, 0.1) is 11.2 Å². The van der Waals surface area contributed by atoms with E-state index >= 15 is 0 Å². The average molecular weight is 381 g/mol. The van der Waals surface area contributed by atoms with Gasteiger partial charge in [-0.05, 0) is 24.3 Å². The summed E-state index contributed by atoms with van der Waals surface area (Å²) in [5.74, 6) is -0.531. The minimum Gasteiger partial charge on any atom is -0.506 e. The highest BCUT2D eigenvalue weighted by molar-refractivity contribution is 7.90. The zero-order chi connectivity index (χ0) is 19.2. The normalized spacial score (nSPS) is 14.9. The number of aromatic nitrogens is 1. The van der Waals surface area contributed by atoms with Gasteiger partial charge in [0.15, 0.2) is 5.84 Å². The molecule has 27 heavy (non-hydrogen) atoms. The van der Waals surface area contributed by atoms with Crippen LogP contribution in [0.4, 0.5) is 5.69 Å². The molecule has 2 aromatic carbocycles. The van der Waals surface area contributed by atoms with Crippen molar-refractivity contribution in [2.45, 2.75) is 11.4 Å². The fourth-order valence-corrected chi connectivity index (χ4v) is 4.26. The molecule has 0 unspecified atom stereocenters. The summed E-state index contributed by atoms with van der Waals surface area (Å²) >= 11 is 0. The monoisotopic (exact) mass is 381 g/mol. The Hall–Kier alpha value is -3.39. The molecule has 2 heterocycles. The number of anilines is 1. The molecule has 1 aliphatic rings. The van der Waals surface area contributed by atoms with E-state index in [1.54, 1.807) is 48.5 Å². The summed E-state index contributed by atoms with van der Waals surface area (Å²) in [5, 5.41) is 14.0. The van der Waals surface area contributed by atoms with Crippen LogP contribution in [0.2, 0.25) is 0 Å². The van der Waals surface area contributed by atoms with Crippen LogP contribution in [0.5, 0.6) is 5.75 Å². The third-order valence-electron chi connectivity index (χ3n) is 4.32. The van der Waals surface area contributed by atoms with Gasteiger partial charge in [0.2, 0.25) is 0 Å². The number of allylic oxidation sites excluding steroid dienone is 1. The van der Waals surface area contributed by atoms with Gasteiger partial charge in [-0.1, -0.05) is 30.3 Å². The molecule has 1 aliphatic heterocycles. The smallest absolute Gasteiger partial charge is 0.286 e. The molecule has 0 saturated heterocycles. The lowest BCUT2D eigenvalue weighted by Crippen LogP contribution is -2.32. The van der Waals surface area contributed by atoms with E-state index in [0.717, 1.165) is 0 Å². The lowest BCUT2D eigenvalue weighted by atomic mass is 10.1. The first kappa shape index (κ1) is 17.0. The Bertz CT molecular complexity index is 1290. The fraction of sp³-hybridized carbons (Fsp3) is 0.0526. The number of para-hydroxylation sites is 2. The Morgan fingerprint density at radius 2 is 1.85 bits per heavy atom. The zero-order valence-corrected chi connectivity index (χ0v) is 14.9. The molecular formula is C19H15N3O4S. The maximum absolute atomic E-state index is 13.1. The summed E-state index contributed by atoms with van der Waals surface area (Å²) in [4.78, 5) is 13.1. The molecule has 0 saturated carbocycles. The van der Waals surface area contributed by atoms with E-state index < -0.39 is 15.6 Å². The van der Waals surface area contributed by atoms with E-state index in [1.165, 1.54) is 10.6 Å². The maximum Gasteiger partial charge on any atom is 0.286 e. The molecule has 0 spiro atoms. The van der Waals surface area contributed by atoms with Crippen LogP contribution in [0.25, 0.3) is 10.9 Å². The van der Waals surface area contributed by atoms with Crippen LogP contribution in [0, 0.1) is 0 Å². The Kier molecular flexibility index (Phi) is 3.85. The molecular weight excluding hydrogens is 366 g/mol. The van der Waals surface area contributed by atoms with Gasteiger partial charge in [-0.2, -0.15) is 8.42 Å². The van der Waals surface area contributed by atoms with Crippen molar-refractivity contribution in [3.63, 3.8) is 0 Å². The SMILES string of the molecule is C=CCn1c(=O)c(C2=NS(=O)(=O)c3ccccc3N2)c(O)c2ccccc21. The largest absolute Gasteiger partial charge is 0.506 e. The first-order valence-electron chi connectivity index (χ1n) is 8.11. The van der Waals surface area contributed by atoms with E-state index in [9.17, 15) is 18.3 Å². The molecule has 136 valence electrons. The third kappa shape index (κ3) is 2.61. The Morgan fingerprint density at radius 1 is 1.15 bits per heavy atom. The van der Waals surface area contributed by atoms with E-state index in [1.807, 2.05) is 0 Å². The van der Waals surface area contributed by atoms with E-state index in [2.05, 4.69) is 16.3 Å². The van der Waals surface area contributed by atoms with E-state index in [0.29, 0.717) is 16.6 Å². The molecule has 3 aromatic rings. The minimum atomic E-state index is -4.01. The first-order valence-corrected chi connectivity index (χ1v) is 9.55. The third-order valence-corrected chi connectivity index (χ3v) is 5.66. The number of aromatic hydroxyl groups is 1. The van der Waals surface area contributed by atoms with Crippen molar-refractivity contribution < 1.29 is 13.5 Å². The molecule has 1 aromatic heterocycles. The summed E-state index contributed by atoms with van der Waals surface area (Å²) in [6.45, 7) is 3.86. The number of rotatable bonds is 3. The van der Waals surface area contributed by atoms with Crippen LogP contribution < -0.4 is 10.9 Å². The second-order valence-corrected chi connectivity index (χ2v) is 7.55. The van der Waals surface area contributed by atoms with Crippen molar-refractivity contribution in [2.24, 2.45) is 4.40 Å². The lowest BCUT2D eigenvalue weighted by molar-refractivity contribution is 0.478. The number of hydrogen-bond donors (Lipinski definition) is 2. The quantitative estimate of drug-likeness (QED) is 0.679. The molecule has 8 heteroatoms. The van der Waals surface area contributed by atoms with Crippen LogP contribution >= 0.6 is 0 Å². The number of sulfonamides is 1. The molecule has 0 aliphatic carbocycles. The second kappa shape index (κ2) is 6.10. The molecule has 0 radical (unpaired) electrons. The van der Waals surface area contributed by atoms with Crippen LogP contribution in [-0.4, -0.2) is 23.9 Å². The summed E-state index contributed by atoms with van der Waals surface area (Å²) < 4.78 is 30.2. The highest BCUT2D eigenvalue weighted by Gasteiger charge is 2.29. The predicted octanol–water partition coefficient (Wildman–Crippen LogP) is 2.45. The van der Waals surface area contributed by atoms with Crippen molar-refractivity contribution in [2.75, 3.05) is 5.32 Å². The second-order valence-electron chi connectivity index (χ2n) is 5.98. The molecule has 0 bridgehead atoms. The standard InChI is InChI=1S/C19H15N3O4S/c1-2-11-22-14-9-5-3-7-12(14)17(23)16(19(22)24)18-20-13-8-4-6-10-15(13)27(25,26)21-18/h2-10,23H,1,11H2,(H,20,21). The molecule has 7 nitrogen and oxygen atoms in total. The molecule has 2 N–H and O–H groups in total. The molecule has 0 amide bonds. The Balaban J connectivity index is 2.05. The molecule has 0 atom stereocenters. The first-order chi connectivity index (χ1) is 12.9. The average Bonchev–Trinajstić information content (AvgIpc) is 2.65. The highest BCUT2D eigenvalue weighted by atomic mass is 32.2. The van der Waals surface area contributed by atoms with Crippen LogP contribution in [0.1, 0.15) is 5.56 Å². The number of amidine groups is 1. The summed E-state index contributed by atoms with van der Waals surface area (Å²) in [7, 11) is -4.01. The molecule has 4 rings (SSSR count). The Labute approximate surface area is 155 Å². The highest BCUT2D eigenvalue weighted by Crippen LogP contribution is 2.32. The molecule has 0 fully saturated rings. The number of pyridine rings is 1. The number of nitrogens with one attached hydrogen (secondary N) is 1. The van der Waals surface area contributed by atoms with E-state index in [-0.39, 0.29) is 28.6 Å². The summed E-state index contributed by atoms with van der Waals surface area (Å²) in [6, 6.07) is 13.1. The van der Waals surface area contributed by atoms with Crippen molar-refractivity contribution >= 4 is 32.4 Å². The Morgan fingerprint density at radius 3 is 2.63 bits per heavy atom. The number of fused-ring (bicyclic) bond motifs is 2. The van der Waals surface area contributed by atoms with Gasteiger partial charge in [0, 0.05) is 11.9 Å². The van der Waals surface area contributed by atoms with Crippen molar-refractivity contribution in [1.29, 1.82) is 0 Å².